The van der Waals surface area contributed by atoms with Crippen molar-refractivity contribution in [1.29, 1.82) is 0 Å². The second kappa shape index (κ2) is 5.17. The van der Waals surface area contributed by atoms with E-state index >= 15 is 0 Å². The number of nitrogens with zero attached hydrogens (tertiary/aromatic N) is 1. The van der Waals surface area contributed by atoms with Crippen LogP contribution in [0.25, 0.3) is 0 Å². The summed E-state index contributed by atoms with van der Waals surface area (Å²) in [7, 11) is 0. The van der Waals surface area contributed by atoms with Crippen LogP contribution in [-0.4, -0.2) is 34.7 Å². The molecule has 2 heterocycles. The predicted octanol–water partition coefficient (Wildman–Crippen LogP) is 2.23. The van der Waals surface area contributed by atoms with E-state index in [4.69, 9.17) is 0 Å². The fraction of sp³-hybridized carbons (Fsp3) is 0.538. The zero-order valence-corrected chi connectivity index (χ0v) is 10.1. The monoisotopic (exact) mass is 234 g/mol. The first-order valence-electron chi connectivity index (χ1n) is 6.21. The SMILES string of the molecule is CCC1CCCCN1C(=O)c1ccc(C=O)[nH]1. The minimum atomic E-state index is 0.0182. The number of aldehydes is 1. The maximum Gasteiger partial charge on any atom is 0.270 e. The first-order valence-corrected chi connectivity index (χ1v) is 6.21. The van der Waals surface area contributed by atoms with Gasteiger partial charge in [0.1, 0.15) is 5.69 Å². The average molecular weight is 234 g/mol. The number of hydrogen-bond donors (Lipinski definition) is 1. The molecule has 1 N–H and O–H groups in total. The quantitative estimate of drug-likeness (QED) is 0.815. The molecule has 0 radical (unpaired) electrons. The van der Waals surface area contributed by atoms with E-state index in [1.165, 1.54) is 6.42 Å². The topological polar surface area (TPSA) is 53.2 Å². The summed E-state index contributed by atoms with van der Waals surface area (Å²) in [4.78, 5) is 27.6. The normalized spacial score (nSPS) is 20.3. The van der Waals surface area contributed by atoms with E-state index in [0.29, 0.717) is 17.4 Å². The molecule has 4 heteroatoms. The fourth-order valence-electron chi connectivity index (χ4n) is 2.45. The Hall–Kier alpha value is -1.58. The van der Waals surface area contributed by atoms with Gasteiger partial charge in [0, 0.05) is 12.6 Å². The third kappa shape index (κ3) is 2.40. The molecule has 1 amide bonds. The first-order chi connectivity index (χ1) is 8.26. The Bertz CT molecular complexity index is 411. The zero-order chi connectivity index (χ0) is 12.3. The predicted molar refractivity (Wildman–Crippen MR) is 65.1 cm³/mol. The molecule has 1 aromatic rings. The minimum absolute atomic E-state index is 0.0182. The van der Waals surface area contributed by atoms with E-state index in [-0.39, 0.29) is 5.91 Å². The molecule has 1 unspecified atom stereocenters. The van der Waals surface area contributed by atoms with Crippen LogP contribution in [0.1, 0.15) is 53.6 Å². The van der Waals surface area contributed by atoms with Gasteiger partial charge in [-0.25, -0.2) is 0 Å². The highest BCUT2D eigenvalue weighted by Crippen LogP contribution is 2.21. The van der Waals surface area contributed by atoms with Crippen molar-refractivity contribution < 1.29 is 9.59 Å². The minimum Gasteiger partial charge on any atom is -0.348 e. The molecule has 0 aliphatic carbocycles. The van der Waals surface area contributed by atoms with Crippen molar-refractivity contribution in [1.82, 2.24) is 9.88 Å². The number of aromatic amines is 1. The van der Waals surface area contributed by atoms with Crippen LogP contribution in [-0.2, 0) is 0 Å². The Morgan fingerprint density at radius 1 is 1.53 bits per heavy atom. The van der Waals surface area contributed by atoms with Crippen LogP contribution < -0.4 is 0 Å². The van der Waals surface area contributed by atoms with Gasteiger partial charge in [-0.05, 0) is 37.8 Å². The van der Waals surface area contributed by atoms with Gasteiger partial charge in [0.2, 0.25) is 0 Å². The van der Waals surface area contributed by atoms with Gasteiger partial charge < -0.3 is 9.88 Å². The lowest BCUT2D eigenvalue weighted by Crippen LogP contribution is -2.43. The van der Waals surface area contributed by atoms with Crippen LogP contribution >= 0.6 is 0 Å². The summed E-state index contributed by atoms with van der Waals surface area (Å²) in [5.41, 5.74) is 0.978. The molecule has 4 nitrogen and oxygen atoms in total. The summed E-state index contributed by atoms with van der Waals surface area (Å²) in [6.07, 6.45) is 5.08. The van der Waals surface area contributed by atoms with Gasteiger partial charge in [-0.15, -0.1) is 0 Å². The summed E-state index contributed by atoms with van der Waals surface area (Å²) in [5, 5.41) is 0. The highest BCUT2D eigenvalue weighted by atomic mass is 16.2. The molecule has 1 aliphatic rings. The third-order valence-corrected chi connectivity index (χ3v) is 3.43. The van der Waals surface area contributed by atoms with Gasteiger partial charge in [-0.2, -0.15) is 0 Å². The highest BCUT2D eigenvalue weighted by Gasteiger charge is 2.26. The zero-order valence-electron chi connectivity index (χ0n) is 10.1. The van der Waals surface area contributed by atoms with E-state index in [0.717, 1.165) is 32.1 Å². The lowest BCUT2D eigenvalue weighted by Gasteiger charge is -2.35. The van der Waals surface area contributed by atoms with Crippen molar-refractivity contribution >= 4 is 12.2 Å². The molecule has 1 fully saturated rings. The molecule has 1 saturated heterocycles. The molecule has 17 heavy (non-hydrogen) atoms. The molecule has 0 spiro atoms. The van der Waals surface area contributed by atoms with Crippen LogP contribution in [0.4, 0.5) is 0 Å². The average Bonchev–Trinajstić information content (AvgIpc) is 2.86. The van der Waals surface area contributed by atoms with Gasteiger partial charge in [-0.3, -0.25) is 9.59 Å². The Morgan fingerprint density at radius 2 is 2.35 bits per heavy atom. The molecule has 92 valence electrons. The largest absolute Gasteiger partial charge is 0.348 e. The summed E-state index contributed by atoms with van der Waals surface area (Å²) >= 11 is 0. The number of piperidine rings is 1. The number of aromatic nitrogens is 1. The maximum absolute atomic E-state index is 12.3. The smallest absolute Gasteiger partial charge is 0.270 e. The van der Waals surface area contributed by atoms with Gasteiger partial charge in [0.25, 0.3) is 5.91 Å². The molecule has 1 atom stereocenters. The van der Waals surface area contributed by atoms with Crippen molar-refractivity contribution in [2.24, 2.45) is 0 Å². The highest BCUT2D eigenvalue weighted by molar-refractivity contribution is 5.94. The number of hydrogen-bond acceptors (Lipinski definition) is 2. The molecule has 0 bridgehead atoms. The van der Waals surface area contributed by atoms with E-state index < -0.39 is 0 Å². The summed E-state index contributed by atoms with van der Waals surface area (Å²) in [6.45, 7) is 2.94. The molecule has 1 aliphatic heterocycles. The standard InChI is InChI=1S/C13H18N2O2/c1-2-11-5-3-4-8-15(11)13(17)12-7-6-10(9-16)14-12/h6-7,9,11,14H,2-5,8H2,1H3. The lowest BCUT2D eigenvalue weighted by molar-refractivity contribution is 0.0602. The Kier molecular flexibility index (Phi) is 3.61. The van der Waals surface area contributed by atoms with Crippen LogP contribution in [0.5, 0.6) is 0 Å². The molecule has 0 saturated carbocycles. The van der Waals surface area contributed by atoms with E-state index in [1.807, 2.05) is 4.90 Å². The second-order valence-electron chi connectivity index (χ2n) is 4.50. The number of likely N-dealkylation sites (tertiary alicyclic amines) is 1. The van der Waals surface area contributed by atoms with E-state index in [1.54, 1.807) is 12.1 Å². The Morgan fingerprint density at radius 3 is 3.00 bits per heavy atom. The van der Waals surface area contributed by atoms with Crippen molar-refractivity contribution in [3.63, 3.8) is 0 Å². The van der Waals surface area contributed by atoms with Gasteiger partial charge >= 0.3 is 0 Å². The Labute approximate surface area is 101 Å². The molecular weight excluding hydrogens is 216 g/mol. The van der Waals surface area contributed by atoms with Gasteiger partial charge in [0.05, 0.1) is 5.69 Å². The summed E-state index contributed by atoms with van der Waals surface area (Å²) < 4.78 is 0. The van der Waals surface area contributed by atoms with Crippen molar-refractivity contribution in [2.75, 3.05) is 6.54 Å². The summed E-state index contributed by atoms with van der Waals surface area (Å²) in [6, 6.07) is 3.68. The van der Waals surface area contributed by atoms with Crippen molar-refractivity contribution in [3.05, 3.63) is 23.5 Å². The van der Waals surface area contributed by atoms with Crippen molar-refractivity contribution in [3.8, 4) is 0 Å². The van der Waals surface area contributed by atoms with Crippen LogP contribution in [0, 0.1) is 0 Å². The number of rotatable bonds is 3. The third-order valence-electron chi connectivity index (χ3n) is 3.43. The van der Waals surface area contributed by atoms with Crippen molar-refractivity contribution in [2.45, 2.75) is 38.6 Å². The Balaban J connectivity index is 2.14. The number of nitrogens with one attached hydrogen (secondary N) is 1. The van der Waals surface area contributed by atoms with Crippen LogP contribution in [0.2, 0.25) is 0 Å². The number of carbonyl (C=O) groups is 2. The van der Waals surface area contributed by atoms with Crippen LogP contribution in [0.3, 0.4) is 0 Å². The maximum atomic E-state index is 12.3. The first kappa shape index (κ1) is 11.9. The number of carbonyl (C=O) groups excluding carboxylic acids is 2. The fourth-order valence-corrected chi connectivity index (χ4v) is 2.45. The number of amides is 1. The second-order valence-corrected chi connectivity index (χ2v) is 4.50. The molecule has 0 aromatic carbocycles. The molecule has 1 aromatic heterocycles. The summed E-state index contributed by atoms with van der Waals surface area (Å²) in [5.74, 6) is 0.0182. The van der Waals surface area contributed by atoms with Crippen LogP contribution in [0.15, 0.2) is 12.1 Å². The van der Waals surface area contributed by atoms with E-state index in [9.17, 15) is 9.59 Å². The molecular formula is C13H18N2O2. The van der Waals surface area contributed by atoms with E-state index in [2.05, 4.69) is 11.9 Å². The molecule has 2 rings (SSSR count). The lowest BCUT2D eigenvalue weighted by atomic mass is 10.00. The van der Waals surface area contributed by atoms with Gasteiger partial charge in [-0.1, -0.05) is 6.92 Å². The number of H-pyrrole nitrogens is 1. The van der Waals surface area contributed by atoms with Gasteiger partial charge in [0.15, 0.2) is 6.29 Å².